The number of carboxylic acid groups (broad SMARTS) is 1. The summed E-state index contributed by atoms with van der Waals surface area (Å²) >= 11 is 0. The predicted octanol–water partition coefficient (Wildman–Crippen LogP) is 2.44. The summed E-state index contributed by atoms with van der Waals surface area (Å²) in [6.07, 6.45) is 4.16. The molecule has 4 atom stereocenters. The summed E-state index contributed by atoms with van der Waals surface area (Å²) in [5.74, 6) is -2.52. The fraction of sp³-hybridized carbons (Fsp3) is 0.575. The summed E-state index contributed by atoms with van der Waals surface area (Å²) in [5.41, 5.74) is 12.4. The highest BCUT2D eigenvalue weighted by Gasteiger charge is 2.40. The van der Waals surface area contributed by atoms with Gasteiger partial charge in [-0.3, -0.25) is 24.0 Å². The van der Waals surface area contributed by atoms with Gasteiger partial charge in [-0.25, -0.2) is 0 Å². The van der Waals surface area contributed by atoms with E-state index in [-0.39, 0.29) is 62.5 Å². The second-order valence-corrected chi connectivity index (χ2v) is 14.6. The lowest BCUT2D eigenvalue weighted by molar-refractivity contribution is -0.148. The molecule has 292 valence electrons. The highest BCUT2D eigenvalue weighted by Crippen LogP contribution is 2.22. The number of amides is 4. The Kier molecular flexibility index (Phi) is 17.9. The third-order valence-electron chi connectivity index (χ3n) is 9.92. The van der Waals surface area contributed by atoms with Gasteiger partial charge in [-0.2, -0.15) is 0 Å². The number of rotatable bonds is 22. The van der Waals surface area contributed by atoms with Crippen LogP contribution in [-0.2, 0) is 30.4 Å². The molecule has 1 unspecified atom stereocenters. The molecule has 13 heteroatoms. The molecule has 13 nitrogen and oxygen atoms in total. The maximum Gasteiger partial charge on any atom is 0.323 e. The van der Waals surface area contributed by atoms with E-state index in [2.05, 4.69) is 40.3 Å². The number of carboxylic acids is 1. The molecule has 1 heterocycles. The molecule has 53 heavy (non-hydrogen) atoms. The summed E-state index contributed by atoms with van der Waals surface area (Å²) in [6.45, 7) is 7.40. The van der Waals surface area contributed by atoms with Gasteiger partial charge in [-0.05, 0) is 68.0 Å². The second-order valence-electron chi connectivity index (χ2n) is 14.6. The SMILES string of the molecule is CCC(CNCC(=O)N[C@H](Cc1ccccc1)C(=O)N[C@H](CC(C)C)C(=O)N[C@H](CCCCCN)C(=O)N1CCC(N)(C(=O)O)CC1)c1ccccc1. The van der Waals surface area contributed by atoms with Gasteiger partial charge in [0.15, 0.2) is 0 Å². The van der Waals surface area contributed by atoms with Crippen molar-refractivity contribution >= 4 is 29.6 Å². The molecule has 0 bridgehead atoms. The van der Waals surface area contributed by atoms with Crippen molar-refractivity contribution in [3.8, 4) is 0 Å². The van der Waals surface area contributed by atoms with E-state index in [9.17, 15) is 29.1 Å². The highest BCUT2D eigenvalue weighted by atomic mass is 16.4. The Morgan fingerprint density at radius 1 is 0.830 bits per heavy atom. The van der Waals surface area contributed by atoms with Crippen LogP contribution in [0, 0.1) is 5.92 Å². The molecular weight excluding hydrogens is 674 g/mol. The number of nitrogens with two attached hydrogens (primary N) is 2. The normalized spacial score (nSPS) is 16.2. The van der Waals surface area contributed by atoms with E-state index in [0.29, 0.717) is 32.4 Å². The van der Waals surface area contributed by atoms with Crippen LogP contribution in [0.1, 0.15) is 89.2 Å². The molecule has 9 N–H and O–H groups in total. The number of piperidine rings is 1. The predicted molar refractivity (Wildman–Crippen MR) is 206 cm³/mol. The third-order valence-corrected chi connectivity index (χ3v) is 9.92. The average molecular weight is 736 g/mol. The van der Waals surface area contributed by atoms with Crippen molar-refractivity contribution in [3.63, 3.8) is 0 Å². The molecule has 4 amide bonds. The molecule has 1 aliphatic rings. The first kappa shape index (κ1) is 43.1. The zero-order valence-electron chi connectivity index (χ0n) is 31.7. The molecule has 1 aliphatic heterocycles. The van der Waals surface area contributed by atoms with Crippen molar-refractivity contribution in [1.29, 1.82) is 0 Å². The van der Waals surface area contributed by atoms with E-state index in [4.69, 9.17) is 11.5 Å². The summed E-state index contributed by atoms with van der Waals surface area (Å²) in [7, 11) is 0. The highest BCUT2D eigenvalue weighted by molar-refractivity contribution is 5.94. The Bertz CT molecular complexity index is 1450. The van der Waals surface area contributed by atoms with Gasteiger partial charge in [0.2, 0.25) is 23.6 Å². The van der Waals surface area contributed by atoms with Crippen molar-refractivity contribution in [3.05, 3.63) is 71.8 Å². The van der Waals surface area contributed by atoms with E-state index < -0.39 is 41.4 Å². The Morgan fingerprint density at radius 3 is 2.02 bits per heavy atom. The Labute approximate surface area is 314 Å². The first-order valence-electron chi connectivity index (χ1n) is 19.1. The minimum atomic E-state index is -1.40. The molecule has 3 rings (SSSR count). The summed E-state index contributed by atoms with van der Waals surface area (Å²) < 4.78 is 0. The number of likely N-dealkylation sites (tertiary alicyclic amines) is 1. The zero-order chi connectivity index (χ0) is 38.8. The lowest BCUT2D eigenvalue weighted by Gasteiger charge is -2.38. The van der Waals surface area contributed by atoms with Gasteiger partial charge in [0.1, 0.15) is 23.7 Å². The Balaban J connectivity index is 1.72. The summed E-state index contributed by atoms with van der Waals surface area (Å²) in [4.78, 5) is 68.1. The molecule has 2 aromatic rings. The minimum Gasteiger partial charge on any atom is -0.480 e. The van der Waals surface area contributed by atoms with E-state index in [1.54, 1.807) is 4.90 Å². The van der Waals surface area contributed by atoms with Crippen molar-refractivity contribution in [2.24, 2.45) is 17.4 Å². The number of hydrogen-bond donors (Lipinski definition) is 7. The van der Waals surface area contributed by atoms with Crippen LogP contribution < -0.4 is 32.7 Å². The number of benzene rings is 2. The van der Waals surface area contributed by atoms with Crippen LogP contribution in [0.3, 0.4) is 0 Å². The maximum absolute atomic E-state index is 13.9. The standard InChI is InChI=1S/C40H61N7O6/c1-4-30(31-16-10-6-11-17-31)26-43-27-35(48)44-34(25-29-14-8-5-9-15-29)37(50)46-33(24-28(2)3)36(49)45-32(18-12-7-13-21-41)38(51)47-22-19-40(42,20-23-47)39(52)53/h5-6,8-11,14-17,28,30,32-34,43H,4,7,12-13,18-27,41-42H2,1-3H3,(H,44,48)(H,45,49)(H,46,50)(H,52,53)/t30?,32-,33-,34-/m1/s1. The molecule has 2 aromatic carbocycles. The number of nitrogens with one attached hydrogen (secondary N) is 4. The number of nitrogens with zero attached hydrogens (tertiary/aromatic N) is 1. The van der Waals surface area contributed by atoms with Crippen molar-refractivity contribution in [2.75, 3.05) is 32.7 Å². The molecule has 0 aromatic heterocycles. The van der Waals surface area contributed by atoms with Gasteiger partial charge in [0, 0.05) is 26.1 Å². The van der Waals surface area contributed by atoms with Gasteiger partial charge < -0.3 is 42.7 Å². The van der Waals surface area contributed by atoms with Crippen LogP contribution in [0.4, 0.5) is 0 Å². The van der Waals surface area contributed by atoms with Gasteiger partial charge >= 0.3 is 5.97 Å². The molecular formula is C40H61N7O6. The minimum absolute atomic E-state index is 0.0139. The van der Waals surface area contributed by atoms with Gasteiger partial charge in [-0.15, -0.1) is 0 Å². The first-order valence-corrected chi connectivity index (χ1v) is 19.1. The monoisotopic (exact) mass is 735 g/mol. The summed E-state index contributed by atoms with van der Waals surface area (Å²) in [6, 6.07) is 16.6. The van der Waals surface area contributed by atoms with Gasteiger partial charge in [0.25, 0.3) is 0 Å². The van der Waals surface area contributed by atoms with Crippen molar-refractivity contribution in [2.45, 2.75) is 108 Å². The number of aliphatic carboxylic acids is 1. The smallest absolute Gasteiger partial charge is 0.323 e. The molecule has 1 fully saturated rings. The lowest BCUT2D eigenvalue weighted by Crippen LogP contribution is -2.60. The fourth-order valence-corrected chi connectivity index (χ4v) is 6.62. The van der Waals surface area contributed by atoms with E-state index in [1.165, 1.54) is 5.56 Å². The topological polar surface area (TPSA) is 209 Å². The third kappa shape index (κ3) is 14.2. The quantitative estimate of drug-likeness (QED) is 0.0885. The second kappa shape index (κ2) is 22.0. The fourth-order valence-electron chi connectivity index (χ4n) is 6.62. The molecule has 0 saturated carbocycles. The van der Waals surface area contributed by atoms with Crippen molar-refractivity contribution < 1.29 is 29.1 Å². The van der Waals surface area contributed by atoms with Crippen LogP contribution >= 0.6 is 0 Å². The van der Waals surface area contributed by atoms with Crippen LogP contribution in [-0.4, -0.2) is 96.0 Å². The number of unbranched alkanes of at least 4 members (excludes halogenated alkanes) is 2. The molecule has 0 spiro atoms. The molecule has 0 aliphatic carbocycles. The number of hydrogen-bond acceptors (Lipinski definition) is 8. The molecule has 0 radical (unpaired) electrons. The largest absolute Gasteiger partial charge is 0.480 e. The van der Waals surface area contributed by atoms with Crippen molar-refractivity contribution in [1.82, 2.24) is 26.2 Å². The maximum atomic E-state index is 13.9. The van der Waals surface area contributed by atoms with E-state index in [1.807, 2.05) is 62.4 Å². The van der Waals surface area contributed by atoms with Crippen LogP contribution in [0.5, 0.6) is 0 Å². The number of carbonyl (C=O) groups is 5. The molecule has 1 saturated heterocycles. The van der Waals surface area contributed by atoms with Gasteiger partial charge in [0.05, 0.1) is 6.54 Å². The average Bonchev–Trinajstić information content (AvgIpc) is 3.14. The Hall–Kier alpha value is -4.33. The summed E-state index contributed by atoms with van der Waals surface area (Å²) in [5, 5.41) is 21.5. The zero-order valence-corrected chi connectivity index (χ0v) is 31.7. The Morgan fingerprint density at radius 2 is 1.43 bits per heavy atom. The van der Waals surface area contributed by atoms with Gasteiger partial charge in [-0.1, -0.05) is 94.3 Å². The van der Waals surface area contributed by atoms with Crippen LogP contribution in [0.2, 0.25) is 0 Å². The first-order chi connectivity index (χ1) is 25.4. The lowest BCUT2D eigenvalue weighted by atomic mass is 9.88. The van der Waals surface area contributed by atoms with Crippen LogP contribution in [0.25, 0.3) is 0 Å². The number of carbonyl (C=O) groups excluding carboxylic acids is 4. The van der Waals surface area contributed by atoms with E-state index >= 15 is 0 Å². The van der Waals surface area contributed by atoms with E-state index in [0.717, 1.165) is 24.8 Å². The van der Waals surface area contributed by atoms with Crippen LogP contribution in [0.15, 0.2) is 60.7 Å².